The van der Waals surface area contributed by atoms with Gasteiger partial charge in [-0.1, -0.05) is 0 Å². The number of H-pyrrole nitrogens is 1. The maximum Gasteiger partial charge on any atom is 0.174 e. The number of hydrogen-bond acceptors (Lipinski definition) is 3. The van der Waals surface area contributed by atoms with E-state index in [4.69, 9.17) is 0 Å². The molecule has 0 amide bonds. The van der Waals surface area contributed by atoms with Gasteiger partial charge >= 0.3 is 0 Å². The van der Waals surface area contributed by atoms with Crippen molar-refractivity contribution in [1.29, 1.82) is 0 Å². The Bertz CT molecular complexity index is 412. The quantitative estimate of drug-likeness (QED) is 0.846. The minimum absolute atomic E-state index is 0.300. The summed E-state index contributed by atoms with van der Waals surface area (Å²) in [5, 5.41) is 0. The fraction of sp³-hybridized carbons (Fsp3) is 0.625. The molecule has 4 nitrogen and oxygen atoms in total. The maximum absolute atomic E-state index is 11.2. The largest absolute Gasteiger partial charge is 0.336 e. The lowest BCUT2D eigenvalue weighted by molar-refractivity contribution is 0.545. The first-order valence-electron chi connectivity index (χ1n) is 4.48. The van der Waals surface area contributed by atoms with Crippen LogP contribution in [0.3, 0.4) is 0 Å². The second kappa shape index (κ2) is 3.66. The molecule has 0 radical (unpaired) electrons. The molecule has 1 saturated heterocycles. The third-order valence-corrected chi connectivity index (χ3v) is 4.68. The Hall–Kier alpha value is -0.360. The van der Waals surface area contributed by atoms with Crippen LogP contribution in [-0.4, -0.2) is 29.9 Å². The Kier molecular flexibility index (Phi) is 2.66. The van der Waals surface area contributed by atoms with E-state index >= 15 is 0 Å². The van der Waals surface area contributed by atoms with Gasteiger partial charge in [0, 0.05) is 17.8 Å². The Balaban J connectivity index is 2.09. The van der Waals surface area contributed by atoms with Crippen LogP contribution in [0, 0.1) is 0 Å². The molecule has 0 bridgehead atoms. The highest BCUT2D eigenvalue weighted by Gasteiger charge is 2.25. The molecule has 0 atom stereocenters. The van der Waals surface area contributed by atoms with Gasteiger partial charge < -0.3 is 4.98 Å². The number of nitrogens with one attached hydrogen (secondary N) is 1. The van der Waals surface area contributed by atoms with Gasteiger partial charge in [-0.15, -0.1) is 0 Å². The molecule has 0 aliphatic carbocycles. The number of rotatable bonds is 1. The normalized spacial score (nSPS) is 22.4. The molecule has 2 heterocycles. The van der Waals surface area contributed by atoms with Crippen molar-refractivity contribution < 1.29 is 8.42 Å². The highest BCUT2D eigenvalue weighted by Crippen LogP contribution is 2.28. The first-order valence-corrected chi connectivity index (χ1v) is 7.09. The Morgan fingerprint density at radius 3 is 2.57 bits per heavy atom. The van der Waals surface area contributed by atoms with Gasteiger partial charge in [0.25, 0.3) is 0 Å². The van der Waals surface area contributed by atoms with Gasteiger partial charge in [-0.25, -0.2) is 13.4 Å². The molecule has 0 unspecified atom stereocenters. The molecule has 1 N–H and O–H groups in total. The van der Waals surface area contributed by atoms with Gasteiger partial charge in [0.15, 0.2) is 4.73 Å². The van der Waals surface area contributed by atoms with Crippen LogP contribution >= 0.6 is 15.9 Å². The van der Waals surface area contributed by atoms with Crippen molar-refractivity contribution in [3.05, 3.63) is 16.6 Å². The third kappa shape index (κ3) is 2.17. The van der Waals surface area contributed by atoms with Gasteiger partial charge in [0.1, 0.15) is 9.84 Å². The van der Waals surface area contributed by atoms with E-state index in [9.17, 15) is 8.42 Å². The van der Waals surface area contributed by atoms with Gasteiger partial charge in [0.2, 0.25) is 0 Å². The van der Waals surface area contributed by atoms with E-state index in [2.05, 4.69) is 25.9 Å². The van der Waals surface area contributed by atoms with E-state index in [1.54, 1.807) is 6.20 Å². The first-order chi connectivity index (χ1) is 6.57. The number of aromatic amines is 1. The highest BCUT2D eigenvalue weighted by molar-refractivity contribution is 9.10. The van der Waals surface area contributed by atoms with E-state index in [-0.39, 0.29) is 0 Å². The summed E-state index contributed by atoms with van der Waals surface area (Å²) in [7, 11) is -2.76. The number of halogens is 1. The summed E-state index contributed by atoms with van der Waals surface area (Å²) in [4.78, 5) is 7.12. The van der Waals surface area contributed by atoms with Crippen molar-refractivity contribution in [3.63, 3.8) is 0 Å². The van der Waals surface area contributed by atoms with Crippen molar-refractivity contribution in [3.8, 4) is 0 Å². The zero-order valence-corrected chi connectivity index (χ0v) is 9.94. The molecular formula is C8H11BrN2O2S. The van der Waals surface area contributed by atoms with Crippen molar-refractivity contribution in [2.45, 2.75) is 18.8 Å². The zero-order chi connectivity index (χ0) is 10.2. The summed E-state index contributed by atoms with van der Waals surface area (Å²) < 4.78 is 23.1. The van der Waals surface area contributed by atoms with Gasteiger partial charge in [-0.05, 0) is 28.8 Å². The molecular weight excluding hydrogens is 268 g/mol. The lowest BCUT2D eigenvalue weighted by atomic mass is 10.00. The topological polar surface area (TPSA) is 62.8 Å². The van der Waals surface area contributed by atoms with Crippen LogP contribution in [0.15, 0.2) is 10.9 Å². The van der Waals surface area contributed by atoms with Crippen LogP contribution in [0.1, 0.15) is 24.5 Å². The van der Waals surface area contributed by atoms with Crippen LogP contribution in [0.25, 0.3) is 0 Å². The van der Waals surface area contributed by atoms with E-state index in [0.29, 0.717) is 35.0 Å². The van der Waals surface area contributed by atoms with Crippen molar-refractivity contribution >= 4 is 25.8 Å². The number of sulfone groups is 1. The van der Waals surface area contributed by atoms with Crippen LogP contribution in [0.4, 0.5) is 0 Å². The lowest BCUT2D eigenvalue weighted by Crippen LogP contribution is -2.22. The minimum Gasteiger partial charge on any atom is -0.336 e. The molecule has 1 aromatic heterocycles. The molecule has 14 heavy (non-hydrogen) atoms. The smallest absolute Gasteiger partial charge is 0.174 e. The fourth-order valence-corrected chi connectivity index (χ4v) is 3.54. The lowest BCUT2D eigenvalue weighted by Gasteiger charge is -2.20. The standard InChI is InChI=1S/C8H11BrN2O2S/c9-8-10-5-7(11-8)6-1-3-14(12,13)4-2-6/h5-6H,1-4H2,(H,10,11). The molecule has 1 aliphatic heterocycles. The van der Waals surface area contributed by atoms with E-state index in [0.717, 1.165) is 5.69 Å². The van der Waals surface area contributed by atoms with E-state index in [1.807, 2.05) is 0 Å². The average molecular weight is 279 g/mol. The summed E-state index contributed by atoms with van der Waals surface area (Å²) >= 11 is 3.24. The monoisotopic (exact) mass is 278 g/mol. The second-order valence-electron chi connectivity index (χ2n) is 3.56. The first kappa shape index (κ1) is 10.2. The molecule has 6 heteroatoms. The Labute approximate surface area is 91.2 Å². The van der Waals surface area contributed by atoms with Gasteiger partial charge in [-0.3, -0.25) is 0 Å². The Morgan fingerprint density at radius 1 is 1.43 bits per heavy atom. The molecule has 1 aliphatic rings. The van der Waals surface area contributed by atoms with E-state index in [1.165, 1.54) is 0 Å². The van der Waals surface area contributed by atoms with Crippen molar-refractivity contribution in [2.75, 3.05) is 11.5 Å². The van der Waals surface area contributed by atoms with Crippen LogP contribution in [0.2, 0.25) is 0 Å². The maximum atomic E-state index is 11.2. The van der Waals surface area contributed by atoms with Crippen LogP contribution in [-0.2, 0) is 9.84 Å². The summed E-state index contributed by atoms with van der Waals surface area (Å²) in [5.74, 6) is 0.917. The predicted octanol–water partition coefficient (Wildman–Crippen LogP) is 1.46. The van der Waals surface area contributed by atoms with Gasteiger partial charge in [-0.2, -0.15) is 0 Å². The molecule has 1 fully saturated rings. The van der Waals surface area contributed by atoms with Crippen LogP contribution in [0.5, 0.6) is 0 Å². The summed E-state index contributed by atoms with van der Waals surface area (Å²) in [6.07, 6.45) is 3.18. The molecule has 2 rings (SSSR count). The minimum atomic E-state index is -2.76. The molecule has 0 saturated carbocycles. The van der Waals surface area contributed by atoms with Crippen molar-refractivity contribution in [2.24, 2.45) is 0 Å². The molecule has 1 aromatic rings. The number of aromatic nitrogens is 2. The fourth-order valence-electron chi connectivity index (χ4n) is 1.72. The summed E-state index contributed by atoms with van der Waals surface area (Å²) in [6, 6.07) is 0. The summed E-state index contributed by atoms with van der Waals surface area (Å²) in [6.45, 7) is 0. The Morgan fingerprint density at radius 2 is 2.07 bits per heavy atom. The summed E-state index contributed by atoms with van der Waals surface area (Å²) in [5.41, 5.74) is 1.03. The SMILES string of the molecule is O=S1(=O)CCC(c2cnc(Br)[nH]2)CC1. The number of imidazole rings is 1. The second-order valence-corrected chi connectivity index (χ2v) is 6.61. The number of nitrogens with zero attached hydrogens (tertiary/aromatic N) is 1. The van der Waals surface area contributed by atoms with Gasteiger partial charge in [0.05, 0.1) is 11.5 Å². The van der Waals surface area contributed by atoms with Crippen LogP contribution < -0.4 is 0 Å². The highest BCUT2D eigenvalue weighted by atomic mass is 79.9. The average Bonchev–Trinajstić information content (AvgIpc) is 2.52. The van der Waals surface area contributed by atoms with Crippen molar-refractivity contribution in [1.82, 2.24) is 9.97 Å². The molecule has 0 spiro atoms. The molecule has 78 valence electrons. The number of hydrogen-bond donors (Lipinski definition) is 1. The third-order valence-electron chi connectivity index (χ3n) is 2.56. The molecule has 0 aromatic carbocycles. The zero-order valence-electron chi connectivity index (χ0n) is 7.53. The predicted molar refractivity (Wildman–Crippen MR) is 56.9 cm³/mol. The van der Waals surface area contributed by atoms with E-state index < -0.39 is 9.84 Å².